The summed E-state index contributed by atoms with van der Waals surface area (Å²) in [7, 11) is 0. The predicted molar refractivity (Wildman–Crippen MR) is 136 cm³/mol. The average Bonchev–Trinajstić information content (AvgIpc) is 3.58. The van der Waals surface area contributed by atoms with E-state index in [1.54, 1.807) is 11.3 Å². The molecule has 9 heteroatoms. The van der Waals surface area contributed by atoms with E-state index in [0.717, 1.165) is 71.5 Å². The van der Waals surface area contributed by atoms with Gasteiger partial charge in [0.05, 0.1) is 22.4 Å². The summed E-state index contributed by atoms with van der Waals surface area (Å²) in [6.45, 7) is 4.12. The number of piperazine rings is 1. The zero-order valence-electron chi connectivity index (χ0n) is 19.0. The summed E-state index contributed by atoms with van der Waals surface area (Å²) in [5.41, 5.74) is 2.77. The van der Waals surface area contributed by atoms with Gasteiger partial charge in [-0.2, -0.15) is 0 Å². The minimum atomic E-state index is -0.407. The van der Waals surface area contributed by atoms with Crippen LogP contribution in [-0.4, -0.2) is 63.9 Å². The van der Waals surface area contributed by atoms with E-state index >= 15 is 0 Å². The molecule has 0 aliphatic carbocycles. The van der Waals surface area contributed by atoms with Crippen molar-refractivity contribution in [3.05, 3.63) is 59.0 Å². The number of piperidine rings is 1. The number of fused-ring (bicyclic) bond motifs is 3. The van der Waals surface area contributed by atoms with Crippen LogP contribution in [0.2, 0.25) is 0 Å². The standard InChI is InChI=1S/C26H24N6O2S/c33-24-20(18-13-28-26-16(18)6-10-35-26)21(25(34)31-24)22-17-3-1-2-4-19(17)29-23(30-22)14-5-8-32-9-7-27-12-15(32)11-14/h1-4,6,10,13-15,27-28H,5,7-9,11-12H2,(H,31,33,34). The lowest BCUT2D eigenvalue weighted by molar-refractivity contribution is -0.122. The van der Waals surface area contributed by atoms with E-state index in [1.807, 2.05) is 41.9 Å². The number of H-pyrrole nitrogens is 1. The smallest absolute Gasteiger partial charge is 0.261 e. The van der Waals surface area contributed by atoms with Crippen LogP contribution in [0.25, 0.3) is 32.3 Å². The molecule has 2 atom stereocenters. The molecular weight excluding hydrogens is 460 g/mol. The largest absolute Gasteiger partial charge is 0.352 e. The van der Waals surface area contributed by atoms with Gasteiger partial charge >= 0.3 is 0 Å². The molecule has 3 N–H and O–H groups in total. The monoisotopic (exact) mass is 484 g/mol. The van der Waals surface area contributed by atoms with Crippen molar-refractivity contribution in [2.45, 2.75) is 24.8 Å². The molecule has 3 aliphatic heterocycles. The Labute approximate surface area is 205 Å². The number of nitrogens with zero attached hydrogens (tertiary/aromatic N) is 3. The van der Waals surface area contributed by atoms with Crippen LogP contribution in [0, 0.1) is 0 Å². The van der Waals surface area contributed by atoms with Crippen molar-refractivity contribution in [1.29, 1.82) is 0 Å². The Morgan fingerprint density at radius 3 is 2.83 bits per heavy atom. The zero-order valence-corrected chi connectivity index (χ0v) is 19.8. The Balaban J connectivity index is 1.41. The quantitative estimate of drug-likeness (QED) is 0.387. The lowest BCUT2D eigenvalue weighted by atomic mass is 9.88. The Morgan fingerprint density at radius 2 is 1.89 bits per heavy atom. The van der Waals surface area contributed by atoms with Crippen LogP contribution < -0.4 is 10.6 Å². The number of nitrogens with one attached hydrogen (secondary N) is 3. The molecule has 35 heavy (non-hydrogen) atoms. The van der Waals surface area contributed by atoms with E-state index < -0.39 is 5.91 Å². The summed E-state index contributed by atoms with van der Waals surface area (Å²) in [5, 5.41) is 9.72. The number of benzene rings is 1. The summed E-state index contributed by atoms with van der Waals surface area (Å²) >= 11 is 1.57. The molecule has 3 aromatic heterocycles. The average molecular weight is 485 g/mol. The minimum Gasteiger partial charge on any atom is -0.352 e. The van der Waals surface area contributed by atoms with Crippen LogP contribution in [0.1, 0.15) is 35.8 Å². The number of hydrogen-bond donors (Lipinski definition) is 3. The van der Waals surface area contributed by atoms with Crippen molar-refractivity contribution in [1.82, 2.24) is 30.5 Å². The number of hydrogen-bond acceptors (Lipinski definition) is 7. The zero-order chi connectivity index (χ0) is 23.5. The van der Waals surface area contributed by atoms with Crippen LogP contribution in [0.15, 0.2) is 41.9 Å². The number of imide groups is 1. The van der Waals surface area contributed by atoms with Crippen LogP contribution in [0.5, 0.6) is 0 Å². The number of carbonyl (C=O) groups excluding carboxylic acids is 2. The number of thiophene rings is 1. The number of carbonyl (C=O) groups is 2. The van der Waals surface area contributed by atoms with Gasteiger partial charge < -0.3 is 10.3 Å². The highest BCUT2D eigenvalue weighted by Crippen LogP contribution is 2.39. The molecular formula is C26H24N6O2S. The molecule has 2 fully saturated rings. The summed E-state index contributed by atoms with van der Waals surface area (Å²) in [6.07, 6.45) is 3.78. The molecule has 4 aromatic rings. The van der Waals surface area contributed by atoms with Gasteiger partial charge in [0.25, 0.3) is 11.8 Å². The van der Waals surface area contributed by atoms with Crippen molar-refractivity contribution in [3.8, 4) is 0 Å². The highest BCUT2D eigenvalue weighted by Gasteiger charge is 2.37. The number of aromatic amines is 1. The fourth-order valence-electron chi connectivity index (χ4n) is 5.79. The van der Waals surface area contributed by atoms with E-state index in [-0.39, 0.29) is 11.8 Å². The second-order valence-corrected chi connectivity index (χ2v) is 10.4. The summed E-state index contributed by atoms with van der Waals surface area (Å²) < 4.78 is 0. The van der Waals surface area contributed by atoms with Gasteiger partial charge in [-0.25, -0.2) is 9.97 Å². The summed E-state index contributed by atoms with van der Waals surface area (Å²) in [5.74, 6) is 0.177. The second-order valence-electron chi connectivity index (χ2n) is 9.46. The molecule has 2 saturated heterocycles. The Morgan fingerprint density at radius 1 is 1.00 bits per heavy atom. The molecule has 3 aliphatic rings. The van der Waals surface area contributed by atoms with E-state index in [0.29, 0.717) is 22.9 Å². The summed E-state index contributed by atoms with van der Waals surface area (Å²) in [4.78, 5) is 43.0. The maximum atomic E-state index is 13.2. The topological polar surface area (TPSA) is 103 Å². The minimum absolute atomic E-state index is 0.208. The molecule has 0 spiro atoms. The fourth-order valence-corrected chi connectivity index (χ4v) is 6.57. The van der Waals surface area contributed by atoms with E-state index in [9.17, 15) is 9.59 Å². The first-order valence-corrected chi connectivity index (χ1v) is 12.9. The summed E-state index contributed by atoms with van der Waals surface area (Å²) in [6, 6.07) is 10.2. The number of aromatic nitrogens is 3. The van der Waals surface area contributed by atoms with Gasteiger partial charge in [-0.05, 0) is 36.9 Å². The van der Waals surface area contributed by atoms with E-state index in [1.165, 1.54) is 0 Å². The maximum Gasteiger partial charge on any atom is 0.261 e. The first-order valence-electron chi connectivity index (χ1n) is 12.0. The van der Waals surface area contributed by atoms with Gasteiger partial charge in [0.15, 0.2) is 0 Å². The van der Waals surface area contributed by atoms with Crippen LogP contribution in [0.3, 0.4) is 0 Å². The highest BCUT2D eigenvalue weighted by atomic mass is 32.1. The van der Waals surface area contributed by atoms with Gasteiger partial charge in [-0.15, -0.1) is 11.3 Å². The molecule has 2 unspecified atom stereocenters. The first kappa shape index (κ1) is 20.9. The SMILES string of the molecule is O=C1NC(=O)C(c2c[nH]c3sccc23)=C1c1nc(C2CCN3CCNCC3C2)nc2ccccc12. The van der Waals surface area contributed by atoms with Gasteiger partial charge in [-0.3, -0.25) is 19.8 Å². The van der Waals surface area contributed by atoms with Crippen molar-refractivity contribution in [3.63, 3.8) is 0 Å². The van der Waals surface area contributed by atoms with Gasteiger partial charge in [-0.1, -0.05) is 18.2 Å². The highest BCUT2D eigenvalue weighted by molar-refractivity contribution is 7.16. The lowest BCUT2D eigenvalue weighted by Crippen LogP contribution is -2.54. The molecule has 0 bridgehead atoms. The molecule has 1 aromatic carbocycles. The van der Waals surface area contributed by atoms with Gasteiger partial charge in [0.2, 0.25) is 0 Å². The number of amides is 2. The third-order valence-corrected chi connectivity index (χ3v) is 8.37. The molecule has 176 valence electrons. The number of para-hydroxylation sites is 1. The van der Waals surface area contributed by atoms with Crippen molar-refractivity contribution in [2.24, 2.45) is 0 Å². The van der Waals surface area contributed by atoms with E-state index in [2.05, 4.69) is 20.5 Å². The third kappa shape index (κ3) is 3.34. The van der Waals surface area contributed by atoms with Gasteiger partial charge in [0.1, 0.15) is 10.7 Å². The predicted octanol–water partition coefficient (Wildman–Crippen LogP) is 2.89. The molecule has 0 saturated carbocycles. The van der Waals surface area contributed by atoms with Crippen LogP contribution in [0.4, 0.5) is 0 Å². The van der Waals surface area contributed by atoms with Gasteiger partial charge in [0, 0.05) is 54.1 Å². The number of rotatable bonds is 3. The normalized spacial score (nSPS) is 23.3. The molecule has 6 heterocycles. The Bertz CT molecular complexity index is 1540. The lowest BCUT2D eigenvalue weighted by Gasteiger charge is -2.42. The van der Waals surface area contributed by atoms with Crippen LogP contribution in [-0.2, 0) is 9.59 Å². The molecule has 7 rings (SSSR count). The maximum absolute atomic E-state index is 13.2. The molecule has 2 amide bonds. The molecule has 0 radical (unpaired) electrons. The van der Waals surface area contributed by atoms with Crippen molar-refractivity contribution >= 4 is 55.4 Å². The Kier molecular flexibility index (Phi) is 4.83. The second kappa shape index (κ2) is 8.08. The molecule has 8 nitrogen and oxygen atoms in total. The van der Waals surface area contributed by atoms with Crippen molar-refractivity contribution < 1.29 is 9.59 Å². The Hall–Kier alpha value is -3.40. The van der Waals surface area contributed by atoms with E-state index in [4.69, 9.17) is 9.97 Å². The fraction of sp³-hybridized carbons (Fsp3) is 0.308. The van der Waals surface area contributed by atoms with Crippen molar-refractivity contribution in [2.75, 3.05) is 26.2 Å². The van der Waals surface area contributed by atoms with Crippen LogP contribution >= 0.6 is 11.3 Å². The first-order chi connectivity index (χ1) is 17.2. The third-order valence-electron chi connectivity index (χ3n) is 7.52.